The second kappa shape index (κ2) is 6.71. The van der Waals surface area contributed by atoms with Crippen molar-refractivity contribution in [3.63, 3.8) is 0 Å². The molecular formula is C18H17NO2. The van der Waals surface area contributed by atoms with E-state index in [1.54, 1.807) is 19.1 Å². The second-order valence-corrected chi connectivity index (χ2v) is 4.77. The first-order chi connectivity index (χ1) is 10.2. The summed E-state index contributed by atoms with van der Waals surface area (Å²) >= 11 is 0. The van der Waals surface area contributed by atoms with Gasteiger partial charge in [0.05, 0.1) is 12.7 Å². The summed E-state index contributed by atoms with van der Waals surface area (Å²) in [6.07, 6.45) is 0.299. The van der Waals surface area contributed by atoms with Crippen molar-refractivity contribution in [2.45, 2.75) is 18.8 Å². The SMILES string of the molecule is CCOC(=O)[C@](C#N)(Cc1ccccc1)c1ccccc1. The molecule has 2 aromatic rings. The summed E-state index contributed by atoms with van der Waals surface area (Å²) in [6, 6.07) is 20.8. The molecule has 2 rings (SSSR count). The number of carbonyl (C=O) groups is 1. The number of nitrogens with zero attached hydrogens (tertiary/aromatic N) is 1. The van der Waals surface area contributed by atoms with E-state index < -0.39 is 11.4 Å². The van der Waals surface area contributed by atoms with Gasteiger partial charge in [0.1, 0.15) is 0 Å². The largest absolute Gasteiger partial charge is 0.465 e. The van der Waals surface area contributed by atoms with Crippen molar-refractivity contribution in [3.05, 3.63) is 71.8 Å². The lowest BCUT2D eigenvalue weighted by Gasteiger charge is -2.25. The van der Waals surface area contributed by atoms with Crippen LogP contribution >= 0.6 is 0 Å². The number of benzene rings is 2. The molecule has 0 amide bonds. The number of carbonyl (C=O) groups excluding carboxylic acids is 1. The summed E-state index contributed by atoms with van der Waals surface area (Å²) in [7, 11) is 0. The van der Waals surface area contributed by atoms with Gasteiger partial charge in [0.25, 0.3) is 0 Å². The Morgan fingerprint density at radius 1 is 1.10 bits per heavy atom. The van der Waals surface area contributed by atoms with Crippen molar-refractivity contribution < 1.29 is 9.53 Å². The van der Waals surface area contributed by atoms with Crippen molar-refractivity contribution in [1.82, 2.24) is 0 Å². The summed E-state index contributed by atoms with van der Waals surface area (Å²) in [5.41, 5.74) is 0.282. The van der Waals surface area contributed by atoms with Crippen LogP contribution < -0.4 is 0 Å². The highest BCUT2D eigenvalue weighted by Crippen LogP contribution is 2.29. The van der Waals surface area contributed by atoms with Crippen LogP contribution in [0.5, 0.6) is 0 Å². The Bertz CT molecular complexity index is 631. The zero-order valence-electron chi connectivity index (χ0n) is 12.0. The Hall–Kier alpha value is -2.60. The van der Waals surface area contributed by atoms with E-state index in [1.807, 2.05) is 48.5 Å². The Kier molecular flexibility index (Phi) is 4.73. The van der Waals surface area contributed by atoms with Gasteiger partial charge in [-0.2, -0.15) is 5.26 Å². The van der Waals surface area contributed by atoms with E-state index in [2.05, 4.69) is 6.07 Å². The molecule has 0 aliphatic carbocycles. The number of nitriles is 1. The Balaban J connectivity index is 2.48. The van der Waals surface area contributed by atoms with Crippen molar-refractivity contribution in [2.24, 2.45) is 0 Å². The summed E-state index contributed by atoms with van der Waals surface area (Å²) < 4.78 is 5.16. The molecule has 0 aliphatic rings. The van der Waals surface area contributed by atoms with Gasteiger partial charge in [-0.25, -0.2) is 4.79 Å². The second-order valence-electron chi connectivity index (χ2n) is 4.77. The zero-order valence-corrected chi connectivity index (χ0v) is 12.0. The van der Waals surface area contributed by atoms with Gasteiger partial charge in [-0.05, 0) is 18.1 Å². The highest BCUT2D eigenvalue weighted by molar-refractivity contribution is 5.87. The maximum atomic E-state index is 12.5. The van der Waals surface area contributed by atoms with Crippen LogP contribution in [0.2, 0.25) is 0 Å². The van der Waals surface area contributed by atoms with E-state index in [4.69, 9.17) is 4.74 Å². The fourth-order valence-electron chi connectivity index (χ4n) is 2.32. The molecule has 0 fully saturated rings. The van der Waals surface area contributed by atoms with Crippen LogP contribution in [-0.2, 0) is 21.4 Å². The van der Waals surface area contributed by atoms with Crippen LogP contribution in [0.3, 0.4) is 0 Å². The normalized spacial score (nSPS) is 13.0. The Morgan fingerprint density at radius 3 is 2.19 bits per heavy atom. The van der Waals surface area contributed by atoms with Crippen molar-refractivity contribution in [1.29, 1.82) is 5.26 Å². The third kappa shape index (κ3) is 3.11. The van der Waals surface area contributed by atoms with Crippen LogP contribution in [0.15, 0.2) is 60.7 Å². The third-order valence-corrected chi connectivity index (χ3v) is 3.39. The van der Waals surface area contributed by atoms with Crippen LogP contribution in [0.25, 0.3) is 0 Å². The molecule has 106 valence electrons. The lowest BCUT2D eigenvalue weighted by atomic mass is 9.76. The molecule has 3 nitrogen and oxygen atoms in total. The minimum atomic E-state index is -1.31. The van der Waals surface area contributed by atoms with Gasteiger partial charge in [0, 0.05) is 6.42 Å². The molecular weight excluding hydrogens is 262 g/mol. The van der Waals surface area contributed by atoms with Gasteiger partial charge in [-0.15, -0.1) is 0 Å². The number of ether oxygens (including phenoxy) is 1. The molecule has 0 N–H and O–H groups in total. The summed E-state index contributed by atoms with van der Waals surface area (Å²) in [5, 5.41) is 9.74. The first-order valence-corrected chi connectivity index (χ1v) is 6.91. The molecule has 0 heterocycles. The minimum Gasteiger partial charge on any atom is -0.465 e. The molecule has 0 spiro atoms. The van der Waals surface area contributed by atoms with E-state index in [-0.39, 0.29) is 6.61 Å². The molecule has 0 unspecified atom stereocenters. The number of hydrogen-bond acceptors (Lipinski definition) is 3. The van der Waals surface area contributed by atoms with Crippen LogP contribution in [0.1, 0.15) is 18.1 Å². The van der Waals surface area contributed by atoms with Gasteiger partial charge in [0.15, 0.2) is 5.41 Å². The Morgan fingerprint density at radius 2 is 1.67 bits per heavy atom. The maximum absolute atomic E-state index is 12.5. The van der Waals surface area contributed by atoms with Gasteiger partial charge >= 0.3 is 5.97 Å². The van der Waals surface area contributed by atoms with Gasteiger partial charge in [0.2, 0.25) is 0 Å². The first-order valence-electron chi connectivity index (χ1n) is 6.91. The van der Waals surface area contributed by atoms with E-state index in [1.165, 1.54) is 0 Å². The van der Waals surface area contributed by atoms with E-state index in [0.717, 1.165) is 5.56 Å². The topological polar surface area (TPSA) is 50.1 Å². The quantitative estimate of drug-likeness (QED) is 0.789. The fraction of sp³-hybridized carbons (Fsp3) is 0.222. The maximum Gasteiger partial charge on any atom is 0.331 e. The highest BCUT2D eigenvalue weighted by Gasteiger charge is 2.42. The van der Waals surface area contributed by atoms with Crippen molar-refractivity contribution in [3.8, 4) is 6.07 Å². The molecule has 3 heteroatoms. The van der Waals surface area contributed by atoms with Crippen molar-refractivity contribution >= 4 is 5.97 Å². The first kappa shape index (κ1) is 14.8. The van der Waals surface area contributed by atoms with Crippen molar-refractivity contribution in [2.75, 3.05) is 6.61 Å². The third-order valence-electron chi connectivity index (χ3n) is 3.39. The molecule has 0 saturated heterocycles. The lowest BCUT2D eigenvalue weighted by molar-refractivity contribution is -0.147. The van der Waals surface area contributed by atoms with E-state index in [0.29, 0.717) is 12.0 Å². The van der Waals surface area contributed by atoms with Gasteiger partial charge < -0.3 is 4.74 Å². The minimum absolute atomic E-state index is 0.254. The lowest BCUT2D eigenvalue weighted by Crippen LogP contribution is -2.38. The smallest absolute Gasteiger partial charge is 0.331 e. The van der Waals surface area contributed by atoms with Crippen LogP contribution in [-0.4, -0.2) is 12.6 Å². The summed E-state index contributed by atoms with van der Waals surface area (Å²) in [5.74, 6) is -0.498. The summed E-state index contributed by atoms with van der Waals surface area (Å²) in [6.45, 7) is 2.00. The monoisotopic (exact) mass is 279 g/mol. The zero-order chi connectivity index (χ0) is 15.1. The van der Waals surface area contributed by atoms with E-state index in [9.17, 15) is 10.1 Å². The average molecular weight is 279 g/mol. The fourth-order valence-corrected chi connectivity index (χ4v) is 2.32. The molecule has 0 aromatic heterocycles. The molecule has 21 heavy (non-hydrogen) atoms. The van der Waals surface area contributed by atoms with Gasteiger partial charge in [-0.3, -0.25) is 0 Å². The van der Waals surface area contributed by atoms with E-state index >= 15 is 0 Å². The number of hydrogen-bond donors (Lipinski definition) is 0. The predicted molar refractivity (Wildman–Crippen MR) is 80.5 cm³/mol. The van der Waals surface area contributed by atoms with Crippen LogP contribution in [0, 0.1) is 11.3 Å². The number of rotatable bonds is 5. The van der Waals surface area contributed by atoms with Crippen LogP contribution in [0.4, 0.5) is 0 Å². The average Bonchev–Trinajstić information content (AvgIpc) is 2.54. The number of esters is 1. The molecule has 0 saturated carbocycles. The predicted octanol–water partition coefficient (Wildman–Crippen LogP) is 3.25. The summed E-state index contributed by atoms with van der Waals surface area (Å²) in [4.78, 5) is 12.5. The molecule has 0 bridgehead atoms. The van der Waals surface area contributed by atoms with Gasteiger partial charge in [-0.1, -0.05) is 60.7 Å². The molecule has 0 radical (unpaired) electrons. The molecule has 1 atom stereocenters. The molecule has 2 aromatic carbocycles. The Labute approximate surface area is 124 Å². The standard InChI is InChI=1S/C18H17NO2/c1-2-21-17(20)18(14-19,16-11-7-4-8-12-16)13-15-9-5-3-6-10-15/h3-12H,2,13H2,1H3/t18-/m0/s1. The highest BCUT2D eigenvalue weighted by atomic mass is 16.5. The molecule has 0 aliphatic heterocycles.